The number of ether oxygens (including phenoxy) is 1. The molecule has 1 amide bonds. The zero-order chi connectivity index (χ0) is 12.5. The Bertz CT molecular complexity index is 315. The van der Waals surface area contributed by atoms with Gasteiger partial charge in [-0.3, -0.25) is 9.59 Å². The maximum Gasteiger partial charge on any atom is 0.306 e. The van der Waals surface area contributed by atoms with Gasteiger partial charge in [-0.15, -0.1) is 0 Å². The monoisotopic (exact) mass is 239 g/mol. The number of methoxy groups -OCH3 is 1. The predicted octanol–water partition coefficient (Wildman–Crippen LogP) is 1.49. The molecule has 0 aromatic carbocycles. The Labute approximate surface area is 102 Å². The van der Waals surface area contributed by atoms with E-state index < -0.39 is 0 Å². The molecule has 0 aromatic rings. The van der Waals surface area contributed by atoms with E-state index >= 15 is 0 Å². The molecule has 17 heavy (non-hydrogen) atoms. The van der Waals surface area contributed by atoms with E-state index in [0.29, 0.717) is 13.0 Å². The van der Waals surface area contributed by atoms with Gasteiger partial charge >= 0.3 is 5.97 Å². The molecule has 0 saturated heterocycles. The van der Waals surface area contributed by atoms with Gasteiger partial charge in [0.15, 0.2) is 0 Å². The molecule has 2 fully saturated rings. The first-order chi connectivity index (χ1) is 8.04. The maximum absolute atomic E-state index is 11.5. The molecule has 2 saturated carbocycles. The molecule has 0 aromatic heterocycles. The van der Waals surface area contributed by atoms with Crippen molar-refractivity contribution in [1.29, 1.82) is 0 Å². The molecule has 0 spiro atoms. The van der Waals surface area contributed by atoms with Crippen molar-refractivity contribution in [2.75, 3.05) is 13.7 Å². The Morgan fingerprint density at radius 2 is 1.88 bits per heavy atom. The lowest BCUT2D eigenvalue weighted by Gasteiger charge is -2.29. The Morgan fingerprint density at radius 1 is 1.29 bits per heavy atom. The van der Waals surface area contributed by atoms with E-state index in [1.54, 1.807) is 0 Å². The van der Waals surface area contributed by atoms with Gasteiger partial charge in [-0.25, -0.2) is 0 Å². The lowest BCUT2D eigenvalue weighted by molar-refractivity contribution is -0.143. The summed E-state index contributed by atoms with van der Waals surface area (Å²) in [5.74, 6) is 1.37. The third-order valence-electron chi connectivity index (χ3n) is 4.42. The largest absolute Gasteiger partial charge is 0.469 e. The highest BCUT2D eigenvalue weighted by molar-refractivity contribution is 5.73. The van der Waals surface area contributed by atoms with Crippen LogP contribution < -0.4 is 5.32 Å². The molecular weight excluding hydrogens is 218 g/mol. The van der Waals surface area contributed by atoms with Crippen LogP contribution in [0.2, 0.25) is 0 Å². The summed E-state index contributed by atoms with van der Waals surface area (Å²) in [6.07, 6.45) is 5.14. The minimum Gasteiger partial charge on any atom is -0.469 e. The summed E-state index contributed by atoms with van der Waals surface area (Å²) in [7, 11) is 1.43. The maximum atomic E-state index is 11.5. The average molecular weight is 239 g/mol. The van der Waals surface area contributed by atoms with E-state index in [-0.39, 0.29) is 17.3 Å². The normalized spacial score (nSPS) is 34.7. The number of esters is 1. The standard InChI is InChI=1S/C13H21NO3/c1-9(15)14-8-13(7-12(16)17-2)5-10-3-4-11(10)6-13/h10-11H,3-8H2,1-2H3,(H,14,15)/t10-,11+,13-. The fourth-order valence-electron chi connectivity index (χ4n) is 3.41. The van der Waals surface area contributed by atoms with E-state index in [9.17, 15) is 9.59 Å². The van der Waals surface area contributed by atoms with Crippen LogP contribution in [0.25, 0.3) is 0 Å². The van der Waals surface area contributed by atoms with Crippen molar-refractivity contribution >= 4 is 11.9 Å². The van der Waals surface area contributed by atoms with Gasteiger partial charge < -0.3 is 10.1 Å². The van der Waals surface area contributed by atoms with Crippen molar-refractivity contribution in [1.82, 2.24) is 5.32 Å². The van der Waals surface area contributed by atoms with Gasteiger partial charge in [0, 0.05) is 13.5 Å². The van der Waals surface area contributed by atoms with E-state index in [2.05, 4.69) is 5.32 Å². The molecule has 0 aliphatic heterocycles. The molecule has 3 atom stereocenters. The number of hydrogen-bond donors (Lipinski definition) is 1. The molecule has 0 heterocycles. The minimum absolute atomic E-state index is 0.0199. The van der Waals surface area contributed by atoms with Crippen LogP contribution in [-0.2, 0) is 14.3 Å². The second-order valence-electron chi connectivity index (χ2n) is 5.67. The number of carbonyl (C=O) groups excluding carboxylic acids is 2. The summed E-state index contributed by atoms with van der Waals surface area (Å²) >= 11 is 0. The van der Waals surface area contributed by atoms with Gasteiger partial charge in [-0.05, 0) is 42.9 Å². The highest BCUT2D eigenvalue weighted by Gasteiger charge is 2.50. The van der Waals surface area contributed by atoms with Crippen LogP contribution in [0, 0.1) is 17.3 Å². The summed E-state index contributed by atoms with van der Waals surface area (Å²) in [5.41, 5.74) is -0.0510. The van der Waals surface area contributed by atoms with Gasteiger partial charge in [-0.2, -0.15) is 0 Å². The molecule has 1 N–H and O–H groups in total. The molecule has 2 aliphatic rings. The van der Waals surface area contributed by atoms with Crippen molar-refractivity contribution in [3.8, 4) is 0 Å². The number of nitrogens with one attached hydrogen (secondary N) is 1. The first-order valence-corrected chi connectivity index (χ1v) is 6.36. The van der Waals surface area contributed by atoms with E-state index in [4.69, 9.17) is 4.74 Å². The number of amides is 1. The molecule has 4 heteroatoms. The number of carbonyl (C=O) groups is 2. The van der Waals surface area contributed by atoms with Gasteiger partial charge in [-0.1, -0.05) is 0 Å². The van der Waals surface area contributed by atoms with Crippen molar-refractivity contribution in [3.63, 3.8) is 0 Å². The van der Waals surface area contributed by atoms with Crippen LogP contribution in [-0.4, -0.2) is 25.5 Å². The van der Waals surface area contributed by atoms with Crippen LogP contribution >= 0.6 is 0 Å². The Hall–Kier alpha value is -1.06. The molecule has 0 bridgehead atoms. The van der Waals surface area contributed by atoms with Gasteiger partial charge in [0.05, 0.1) is 13.5 Å². The van der Waals surface area contributed by atoms with Crippen LogP contribution in [0.5, 0.6) is 0 Å². The van der Waals surface area contributed by atoms with Crippen molar-refractivity contribution in [2.24, 2.45) is 17.3 Å². The summed E-state index contributed by atoms with van der Waals surface area (Å²) in [6, 6.07) is 0. The van der Waals surface area contributed by atoms with Gasteiger partial charge in [0.1, 0.15) is 0 Å². The Balaban J connectivity index is 2.00. The highest BCUT2D eigenvalue weighted by atomic mass is 16.5. The third kappa shape index (κ3) is 2.61. The predicted molar refractivity (Wildman–Crippen MR) is 63.2 cm³/mol. The van der Waals surface area contributed by atoms with Gasteiger partial charge in [0.25, 0.3) is 0 Å². The molecule has 2 aliphatic carbocycles. The molecule has 2 rings (SSSR count). The number of fused-ring (bicyclic) bond motifs is 1. The zero-order valence-electron chi connectivity index (χ0n) is 10.6. The number of rotatable bonds is 4. The van der Waals surface area contributed by atoms with E-state index in [1.165, 1.54) is 26.9 Å². The molecular formula is C13H21NO3. The fraction of sp³-hybridized carbons (Fsp3) is 0.846. The summed E-state index contributed by atoms with van der Waals surface area (Å²) in [5, 5.41) is 2.88. The molecule has 0 unspecified atom stereocenters. The summed E-state index contributed by atoms with van der Waals surface area (Å²) in [6.45, 7) is 2.14. The van der Waals surface area contributed by atoms with E-state index in [0.717, 1.165) is 24.7 Å². The van der Waals surface area contributed by atoms with Crippen LogP contribution in [0.1, 0.15) is 39.0 Å². The topological polar surface area (TPSA) is 55.4 Å². The van der Waals surface area contributed by atoms with Crippen molar-refractivity contribution in [2.45, 2.75) is 39.0 Å². The first kappa shape index (κ1) is 12.4. The smallest absolute Gasteiger partial charge is 0.306 e. The van der Waals surface area contributed by atoms with Gasteiger partial charge in [0.2, 0.25) is 5.91 Å². The lowest BCUT2D eigenvalue weighted by atomic mass is 9.77. The lowest BCUT2D eigenvalue weighted by Crippen LogP contribution is -2.37. The summed E-state index contributed by atoms with van der Waals surface area (Å²) in [4.78, 5) is 22.6. The van der Waals surface area contributed by atoms with Crippen molar-refractivity contribution in [3.05, 3.63) is 0 Å². The highest BCUT2D eigenvalue weighted by Crippen LogP contribution is 2.56. The van der Waals surface area contributed by atoms with Crippen LogP contribution in [0.15, 0.2) is 0 Å². The van der Waals surface area contributed by atoms with Crippen LogP contribution in [0.3, 0.4) is 0 Å². The molecule has 96 valence electrons. The third-order valence-corrected chi connectivity index (χ3v) is 4.42. The SMILES string of the molecule is COC(=O)C[C@@]1(CNC(C)=O)C[C@H]2CC[C@H]2C1. The second-order valence-corrected chi connectivity index (χ2v) is 5.67. The summed E-state index contributed by atoms with van der Waals surface area (Å²) < 4.78 is 4.78. The fourth-order valence-corrected chi connectivity index (χ4v) is 3.41. The Morgan fingerprint density at radius 3 is 2.29 bits per heavy atom. The van der Waals surface area contributed by atoms with Crippen LogP contribution in [0.4, 0.5) is 0 Å². The zero-order valence-corrected chi connectivity index (χ0v) is 10.6. The number of hydrogen-bond acceptors (Lipinski definition) is 3. The average Bonchev–Trinajstić information content (AvgIpc) is 2.51. The Kier molecular flexibility index (Phi) is 3.40. The quantitative estimate of drug-likeness (QED) is 0.756. The first-order valence-electron chi connectivity index (χ1n) is 6.36. The van der Waals surface area contributed by atoms with E-state index in [1.807, 2.05) is 0 Å². The minimum atomic E-state index is -0.156. The molecule has 4 nitrogen and oxygen atoms in total. The molecule has 0 radical (unpaired) electrons. The second kappa shape index (κ2) is 4.67. The van der Waals surface area contributed by atoms with Crippen molar-refractivity contribution < 1.29 is 14.3 Å².